The van der Waals surface area contributed by atoms with Gasteiger partial charge >= 0.3 is 0 Å². The number of anilines is 1. The van der Waals surface area contributed by atoms with Crippen LogP contribution in [0.5, 0.6) is 0 Å². The van der Waals surface area contributed by atoms with Crippen molar-refractivity contribution in [3.63, 3.8) is 0 Å². The van der Waals surface area contributed by atoms with Gasteiger partial charge in [0.2, 0.25) is 5.95 Å². The zero-order valence-electron chi connectivity index (χ0n) is 11.2. The first-order chi connectivity index (χ1) is 9.33. The number of aromatic nitrogens is 3. The lowest BCUT2D eigenvalue weighted by Crippen LogP contribution is -2.44. The van der Waals surface area contributed by atoms with Crippen LogP contribution in [-0.2, 0) is 13.5 Å². The van der Waals surface area contributed by atoms with E-state index < -0.39 is 0 Å². The van der Waals surface area contributed by atoms with E-state index >= 15 is 0 Å². The smallest absolute Gasteiger partial charge is 0.245 e. The number of aryl methyl sites for hydroxylation is 1. The van der Waals surface area contributed by atoms with Gasteiger partial charge in [-0.15, -0.1) is 5.10 Å². The van der Waals surface area contributed by atoms with E-state index in [2.05, 4.69) is 44.6 Å². The van der Waals surface area contributed by atoms with Crippen molar-refractivity contribution in [2.45, 2.75) is 6.42 Å². The van der Waals surface area contributed by atoms with Gasteiger partial charge in [-0.3, -0.25) is 4.68 Å². The molecule has 0 aliphatic carbocycles. The maximum atomic E-state index is 4.68. The van der Waals surface area contributed by atoms with Crippen molar-refractivity contribution in [1.29, 1.82) is 0 Å². The normalized spacial score (nSPS) is 15.7. The van der Waals surface area contributed by atoms with Crippen LogP contribution in [0.4, 0.5) is 5.95 Å². The highest BCUT2D eigenvalue weighted by Gasteiger charge is 2.16. The maximum absolute atomic E-state index is 4.68. The molecule has 1 aromatic carbocycles. The number of nitrogens with one attached hydrogen (secondary N) is 1. The van der Waals surface area contributed by atoms with Crippen LogP contribution in [0, 0.1) is 0 Å². The third-order valence-corrected chi connectivity index (χ3v) is 3.45. The molecule has 2 heterocycles. The molecule has 3 rings (SSSR count). The molecule has 100 valence electrons. The first-order valence-corrected chi connectivity index (χ1v) is 6.72. The second-order valence-corrected chi connectivity index (χ2v) is 4.85. The standard InChI is InChI=1S/C14H19N5/c1-18-13(11-12-5-3-2-4-6-12)16-14(17-18)19-9-7-15-8-10-19/h2-6,15H,7-11H2,1H3. The van der Waals surface area contributed by atoms with E-state index in [0.717, 1.165) is 44.4 Å². The molecular formula is C14H19N5. The van der Waals surface area contributed by atoms with E-state index in [9.17, 15) is 0 Å². The Hall–Kier alpha value is -1.88. The Morgan fingerprint density at radius 3 is 2.63 bits per heavy atom. The van der Waals surface area contributed by atoms with E-state index in [0.29, 0.717) is 0 Å². The average molecular weight is 257 g/mol. The Balaban J connectivity index is 1.77. The molecule has 0 radical (unpaired) electrons. The fourth-order valence-electron chi connectivity index (χ4n) is 2.33. The van der Waals surface area contributed by atoms with Crippen LogP contribution in [0.15, 0.2) is 30.3 Å². The van der Waals surface area contributed by atoms with Gasteiger partial charge in [-0.1, -0.05) is 30.3 Å². The number of piperazine rings is 1. The molecule has 1 fully saturated rings. The molecule has 19 heavy (non-hydrogen) atoms. The van der Waals surface area contributed by atoms with Crippen LogP contribution in [0.25, 0.3) is 0 Å². The summed E-state index contributed by atoms with van der Waals surface area (Å²) in [5, 5.41) is 7.88. The summed E-state index contributed by atoms with van der Waals surface area (Å²) in [7, 11) is 1.97. The fourth-order valence-corrected chi connectivity index (χ4v) is 2.33. The van der Waals surface area contributed by atoms with Crippen molar-refractivity contribution in [1.82, 2.24) is 20.1 Å². The number of rotatable bonds is 3. The summed E-state index contributed by atoms with van der Waals surface area (Å²) in [6.45, 7) is 3.97. The van der Waals surface area contributed by atoms with E-state index in [1.165, 1.54) is 5.56 Å². The number of nitrogens with zero attached hydrogens (tertiary/aromatic N) is 4. The molecule has 0 saturated carbocycles. The van der Waals surface area contributed by atoms with E-state index in [1.54, 1.807) is 0 Å². The van der Waals surface area contributed by atoms with Crippen molar-refractivity contribution in [3.05, 3.63) is 41.7 Å². The highest BCUT2D eigenvalue weighted by molar-refractivity contribution is 5.31. The number of hydrogen-bond donors (Lipinski definition) is 1. The molecule has 1 aliphatic rings. The predicted molar refractivity (Wildman–Crippen MR) is 75.3 cm³/mol. The van der Waals surface area contributed by atoms with Crippen molar-refractivity contribution >= 4 is 5.95 Å². The molecule has 5 nitrogen and oxygen atoms in total. The first-order valence-electron chi connectivity index (χ1n) is 6.72. The number of hydrogen-bond acceptors (Lipinski definition) is 4. The summed E-state index contributed by atoms with van der Waals surface area (Å²) >= 11 is 0. The van der Waals surface area contributed by atoms with Crippen molar-refractivity contribution in [2.75, 3.05) is 31.1 Å². The van der Waals surface area contributed by atoms with Gasteiger partial charge < -0.3 is 10.2 Å². The molecule has 1 N–H and O–H groups in total. The van der Waals surface area contributed by atoms with E-state index in [1.807, 2.05) is 17.8 Å². The van der Waals surface area contributed by atoms with Crippen LogP contribution in [-0.4, -0.2) is 40.9 Å². The third-order valence-electron chi connectivity index (χ3n) is 3.45. The monoisotopic (exact) mass is 257 g/mol. The molecular weight excluding hydrogens is 238 g/mol. The van der Waals surface area contributed by atoms with Gasteiger partial charge in [-0.25, -0.2) is 0 Å². The van der Waals surface area contributed by atoms with Gasteiger partial charge in [-0.2, -0.15) is 4.98 Å². The number of benzene rings is 1. The van der Waals surface area contributed by atoms with Gasteiger partial charge in [0.15, 0.2) is 0 Å². The molecule has 1 aliphatic heterocycles. The summed E-state index contributed by atoms with van der Waals surface area (Å²) in [6.07, 6.45) is 0.830. The third kappa shape index (κ3) is 2.76. The molecule has 2 aromatic rings. The summed E-state index contributed by atoms with van der Waals surface area (Å²) in [6, 6.07) is 10.4. The molecule has 0 spiro atoms. The van der Waals surface area contributed by atoms with Crippen molar-refractivity contribution in [3.8, 4) is 0 Å². The SMILES string of the molecule is Cn1nc(N2CCNCC2)nc1Cc1ccccc1. The average Bonchev–Trinajstić information content (AvgIpc) is 2.82. The van der Waals surface area contributed by atoms with Crippen LogP contribution in [0.3, 0.4) is 0 Å². The zero-order valence-corrected chi connectivity index (χ0v) is 11.2. The lowest BCUT2D eigenvalue weighted by molar-refractivity contribution is 0.577. The lowest BCUT2D eigenvalue weighted by atomic mass is 10.1. The Morgan fingerprint density at radius 1 is 1.16 bits per heavy atom. The Bertz CT molecular complexity index is 528. The Morgan fingerprint density at radius 2 is 1.89 bits per heavy atom. The molecule has 5 heteroatoms. The highest BCUT2D eigenvalue weighted by Crippen LogP contribution is 2.12. The van der Waals surface area contributed by atoms with E-state index in [4.69, 9.17) is 0 Å². The second kappa shape index (κ2) is 5.40. The predicted octanol–water partition coefficient (Wildman–Crippen LogP) is 0.815. The molecule has 0 atom stereocenters. The zero-order chi connectivity index (χ0) is 13.1. The van der Waals surface area contributed by atoms with Crippen LogP contribution in [0.1, 0.15) is 11.4 Å². The second-order valence-electron chi connectivity index (χ2n) is 4.85. The molecule has 0 amide bonds. The van der Waals surface area contributed by atoms with E-state index in [-0.39, 0.29) is 0 Å². The minimum Gasteiger partial charge on any atom is -0.337 e. The Kier molecular flexibility index (Phi) is 3.46. The van der Waals surface area contributed by atoms with Crippen LogP contribution < -0.4 is 10.2 Å². The van der Waals surface area contributed by atoms with Crippen LogP contribution >= 0.6 is 0 Å². The molecule has 0 bridgehead atoms. The molecule has 0 unspecified atom stereocenters. The largest absolute Gasteiger partial charge is 0.337 e. The summed E-state index contributed by atoms with van der Waals surface area (Å²) in [5.41, 5.74) is 1.27. The minimum atomic E-state index is 0.830. The van der Waals surface area contributed by atoms with Gasteiger partial charge in [0.25, 0.3) is 0 Å². The van der Waals surface area contributed by atoms with Crippen molar-refractivity contribution < 1.29 is 0 Å². The maximum Gasteiger partial charge on any atom is 0.245 e. The highest BCUT2D eigenvalue weighted by atomic mass is 15.4. The summed E-state index contributed by atoms with van der Waals surface area (Å²) in [5.74, 6) is 1.87. The quantitative estimate of drug-likeness (QED) is 0.884. The van der Waals surface area contributed by atoms with Gasteiger partial charge in [0, 0.05) is 39.6 Å². The minimum absolute atomic E-state index is 0.830. The van der Waals surface area contributed by atoms with Gasteiger partial charge in [0.1, 0.15) is 5.82 Å². The first kappa shape index (κ1) is 12.2. The van der Waals surface area contributed by atoms with Crippen LogP contribution in [0.2, 0.25) is 0 Å². The van der Waals surface area contributed by atoms with Gasteiger partial charge in [-0.05, 0) is 5.56 Å². The summed E-state index contributed by atoms with van der Waals surface area (Å²) < 4.78 is 1.89. The lowest BCUT2D eigenvalue weighted by Gasteiger charge is -2.25. The summed E-state index contributed by atoms with van der Waals surface area (Å²) in [4.78, 5) is 6.92. The fraction of sp³-hybridized carbons (Fsp3) is 0.429. The van der Waals surface area contributed by atoms with Crippen molar-refractivity contribution in [2.24, 2.45) is 7.05 Å². The molecule has 1 saturated heterocycles. The van der Waals surface area contributed by atoms with Gasteiger partial charge in [0.05, 0.1) is 0 Å². The Labute approximate surface area is 113 Å². The molecule has 1 aromatic heterocycles. The topological polar surface area (TPSA) is 46.0 Å².